The van der Waals surface area contributed by atoms with Crippen LogP contribution in [0.4, 0.5) is 5.69 Å². The molecule has 86 valence electrons. The molecule has 5 heteroatoms. The first-order valence-electron chi connectivity index (χ1n) is 5.36. The molecule has 1 unspecified atom stereocenters. The van der Waals surface area contributed by atoms with Crippen molar-refractivity contribution in [1.82, 2.24) is 4.90 Å². The monoisotopic (exact) mass is 221 g/mol. The van der Waals surface area contributed by atoms with E-state index in [0.29, 0.717) is 0 Å². The third kappa shape index (κ3) is 2.56. The van der Waals surface area contributed by atoms with Crippen molar-refractivity contribution >= 4 is 5.69 Å². The second-order valence-electron chi connectivity index (χ2n) is 4.21. The van der Waals surface area contributed by atoms with Crippen LogP contribution in [0, 0.1) is 10.1 Å². The van der Waals surface area contributed by atoms with Gasteiger partial charge in [0.1, 0.15) is 0 Å². The highest BCUT2D eigenvalue weighted by Crippen LogP contribution is 2.17. The summed E-state index contributed by atoms with van der Waals surface area (Å²) in [6, 6.07) is 7.03. The SMILES string of the molecule is NC1CCN(Cc2cccc([N+](=O)[O-])c2)C1. The summed E-state index contributed by atoms with van der Waals surface area (Å²) in [5.74, 6) is 0. The molecule has 2 N–H and O–H groups in total. The van der Waals surface area contributed by atoms with Gasteiger partial charge < -0.3 is 5.73 Å². The number of nitrogens with two attached hydrogens (primary N) is 1. The van der Waals surface area contributed by atoms with Crippen LogP contribution in [0.3, 0.4) is 0 Å². The van der Waals surface area contributed by atoms with Crippen LogP contribution in [-0.2, 0) is 6.54 Å². The molecule has 1 aromatic rings. The predicted octanol–water partition coefficient (Wildman–Crippen LogP) is 1.13. The normalized spacial score (nSPS) is 21.2. The molecular formula is C11H15N3O2. The third-order valence-electron chi connectivity index (χ3n) is 2.84. The van der Waals surface area contributed by atoms with Gasteiger partial charge in [-0.25, -0.2) is 0 Å². The fraction of sp³-hybridized carbons (Fsp3) is 0.455. The minimum absolute atomic E-state index is 0.154. The molecule has 1 atom stereocenters. The Kier molecular flexibility index (Phi) is 3.17. The van der Waals surface area contributed by atoms with Crippen molar-refractivity contribution in [2.24, 2.45) is 5.73 Å². The van der Waals surface area contributed by atoms with Crippen molar-refractivity contribution in [3.63, 3.8) is 0 Å². The van der Waals surface area contributed by atoms with E-state index < -0.39 is 0 Å². The van der Waals surface area contributed by atoms with Gasteiger partial charge in [0, 0.05) is 37.8 Å². The van der Waals surface area contributed by atoms with Gasteiger partial charge in [0.15, 0.2) is 0 Å². The molecule has 0 saturated carbocycles. The van der Waals surface area contributed by atoms with Crippen LogP contribution in [0.2, 0.25) is 0 Å². The van der Waals surface area contributed by atoms with E-state index in [1.807, 2.05) is 6.07 Å². The lowest BCUT2D eigenvalue weighted by Gasteiger charge is -2.14. The van der Waals surface area contributed by atoms with Crippen molar-refractivity contribution in [3.05, 3.63) is 39.9 Å². The van der Waals surface area contributed by atoms with Crippen LogP contribution in [0.15, 0.2) is 24.3 Å². The van der Waals surface area contributed by atoms with E-state index in [-0.39, 0.29) is 16.7 Å². The van der Waals surface area contributed by atoms with E-state index in [2.05, 4.69) is 4.90 Å². The van der Waals surface area contributed by atoms with Crippen molar-refractivity contribution in [1.29, 1.82) is 0 Å². The molecule has 1 fully saturated rings. The Hall–Kier alpha value is -1.46. The molecular weight excluding hydrogens is 206 g/mol. The van der Waals surface area contributed by atoms with Gasteiger partial charge >= 0.3 is 0 Å². The van der Waals surface area contributed by atoms with Crippen LogP contribution in [0.25, 0.3) is 0 Å². The molecule has 5 nitrogen and oxygen atoms in total. The molecule has 0 radical (unpaired) electrons. The molecule has 1 aromatic carbocycles. The highest BCUT2D eigenvalue weighted by atomic mass is 16.6. The van der Waals surface area contributed by atoms with Gasteiger partial charge in [0.05, 0.1) is 4.92 Å². The number of likely N-dealkylation sites (tertiary alicyclic amines) is 1. The quantitative estimate of drug-likeness (QED) is 0.613. The zero-order valence-corrected chi connectivity index (χ0v) is 9.00. The molecule has 1 aliphatic heterocycles. The van der Waals surface area contributed by atoms with Gasteiger partial charge in [-0.05, 0) is 12.0 Å². The van der Waals surface area contributed by atoms with Crippen molar-refractivity contribution in [3.8, 4) is 0 Å². The lowest BCUT2D eigenvalue weighted by atomic mass is 10.2. The summed E-state index contributed by atoms with van der Waals surface area (Å²) in [4.78, 5) is 12.5. The molecule has 0 bridgehead atoms. The van der Waals surface area contributed by atoms with Gasteiger partial charge in [-0.1, -0.05) is 12.1 Å². The van der Waals surface area contributed by atoms with E-state index in [0.717, 1.165) is 31.6 Å². The Bertz CT molecular complexity index is 395. The highest BCUT2D eigenvalue weighted by Gasteiger charge is 2.19. The maximum absolute atomic E-state index is 10.6. The maximum Gasteiger partial charge on any atom is 0.269 e. The molecule has 0 aliphatic carbocycles. The Morgan fingerprint density at radius 1 is 1.56 bits per heavy atom. The number of benzene rings is 1. The zero-order chi connectivity index (χ0) is 11.5. The summed E-state index contributed by atoms with van der Waals surface area (Å²) in [5.41, 5.74) is 6.94. The van der Waals surface area contributed by atoms with Crippen molar-refractivity contribution < 1.29 is 4.92 Å². The minimum Gasteiger partial charge on any atom is -0.326 e. The first-order valence-corrected chi connectivity index (χ1v) is 5.36. The molecule has 0 spiro atoms. The summed E-state index contributed by atoms with van der Waals surface area (Å²) in [6.45, 7) is 2.60. The Morgan fingerprint density at radius 2 is 2.38 bits per heavy atom. The highest BCUT2D eigenvalue weighted by molar-refractivity contribution is 5.34. The molecule has 1 heterocycles. The van der Waals surface area contributed by atoms with Gasteiger partial charge in [0.2, 0.25) is 0 Å². The average Bonchev–Trinajstić information content (AvgIpc) is 2.64. The largest absolute Gasteiger partial charge is 0.326 e. The van der Waals surface area contributed by atoms with Crippen LogP contribution in [0.1, 0.15) is 12.0 Å². The van der Waals surface area contributed by atoms with Crippen LogP contribution in [0.5, 0.6) is 0 Å². The molecule has 0 amide bonds. The van der Waals surface area contributed by atoms with E-state index in [4.69, 9.17) is 5.73 Å². The third-order valence-corrected chi connectivity index (χ3v) is 2.84. The van der Waals surface area contributed by atoms with Crippen LogP contribution >= 0.6 is 0 Å². The second-order valence-corrected chi connectivity index (χ2v) is 4.21. The summed E-state index contributed by atoms with van der Waals surface area (Å²) in [5, 5.41) is 10.6. The molecule has 0 aromatic heterocycles. The fourth-order valence-corrected chi connectivity index (χ4v) is 2.03. The van der Waals surface area contributed by atoms with E-state index in [9.17, 15) is 10.1 Å². The summed E-state index contributed by atoms with van der Waals surface area (Å²) in [6.07, 6.45) is 1.01. The van der Waals surface area contributed by atoms with E-state index in [1.165, 1.54) is 6.07 Å². The van der Waals surface area contributed by atoms with Crippen molar-refractivity contribution in [2.75, 3.05) is 13.1 Å². The van der Waals surface area contributed by atoms with Gasteiger partial charge in [-0.2, -0.15) is 0 Å². The standard InChI is InChI=1S/C11H15N3O2/c12-10-4-5-13(8-10)7-9-2-1-3-11(6-9)14(15)16/h1-3,6,10H,4-5,7-8,12H2. The molecule has 2 rings (SSSR count). The number of nitro groups is 1. The first kappa shape index (κ1) is 11.0. The number of nitrogens with zero attached hydrogens (tertiary/aromatic N) is 2. The lowest BCUT2D eigenvalue weighted by molar-refractivity contribution is -0.384. The fourth-order valence-electron chi connectivity index (χ4n) is 2.03. The lowest BCUT2D eigenvalue weighted by Crippen LogP contribution is -2.26. The maximum atomic E-state index is 10.6. The zero-order valence-electron chi connectivity index (χ0n) is 9.00. The van der Waals surface area contributed by atoms with E-state index in [1.54, 1.807) is 12.1 Å². The van der Waals surface area contributed by atoms with Gasteiger partial charge in [-0.3, -0.25) is 15.0 Å². The summed E-state index contributed by atoms with van der Waals surface area (Å²) in [7, 11) is 0. The van der Waals surface area contributed by atoms with E-state index >= 15 is 0 Å². The number of nitro benzene ring substituents is 1. The topological polar surface area (TPSA) is 72.4 Å². The minimum atomic E-state index is -0.362. The Morgan fingerprint density at radius 3 is 3.00 bits per heavy atom. The summed E-state index contributed by atoms with van der Waals surface area (Å²) < 4.78 is 0. The summed E-state index contributed by atoms with van der Waals surface area (Å²) >= 11 is 0. The number of hydrogen-bond donors (Lipinski definition) is 1. The van der Waals surface area contributed by atoms with Crippen LogP contribution < -0.4 is 5.73 Å². The Labute approximate surface area is 94.0 Å². The van der Waals surface area contributed by atoms with Gasteiger partial charge in [-0.15, -0.1) is 0 Å². The number of hydrogen-bond acceptors (Lipinski definition) is 4. The van der Waals surface area contributed by atoms with Crippen LogP contribution in [-0.4, -0.2) is 29.0 Å². The van der Waals surface area contributed by atoms with Crippen molar-refractivity contribution in [2.45, 2.75) is 19.0 Å². The smallest absolute Gasteiger partial charge is 0.269 e. The average molecular weight is 221 g/mol. The van der Waals surface area contributed by atoms with Gasteiger partial charge in [0.25, 0.3) is 5.69 Å². The number of rotatable bonds is 3. The predicted molar refractivity (Wildman–Crippen MR) is 61.0 cm³/mol. The molecule has 16 heavy (non-hydrogen) atoms. The number of non-ortho nitro benzene ring substituents is 1. The Balaban J connectivity index is 2.04. The molecule has 1 saturated heterocycles. The first-order chi connectivity index (χ1) is 7.65. The second kappa shape index (κ2) is 4.59. The molecule has 1 aliphatic rings.